The highest BCUT2D eigenvalue weighted by Gasteiger charge is 2.40. The van der Waals surface area contributed by atoms with E-state index in [1.807, 2.05) is 0 Å². The number of phenolic OH excluding ortho intramolecular Hbond substituents is 1. The summed E-state index contributed by atoms with van der Waals surface area (Å²) in [5, 5.41) is 17.5. The van der Waals surface area contributed by atoms with E-state index in [0.717, 1.165) is 13.0 Å². The molecule has 0 aromatic heterocycles. The minimum atomic E-state index is -4.68. The first-order valence-electron chi connectivity index (χ1n) is 6.00. The van der Waals surface area contributed by atoms with Crippen LogP contribution < -0.4 is 5.73 Å². The van der Waals surface area contributed by atoms with Crippen molar-refractivity contribution >= 4 is 28.6 Å². The number of hydrogen-bond acceptors (Lipinski definition) is 6. The minimum absolute atomic E-state index is 0.314. The van der Waals surface area contributed by atoms with Crippen molar-refractivity contribution in [2.24, 2.45) is 5.73 Å². The molecule has 0 fully saturated rings. The van der Waals surface area contributed by atoms with Crippen molar-refractivity contribution in [1.29, 1.82) is 0 Å². The van der Waals surface area contributed by atoms with E-state index >= 15 is 0 Å². The van der Waals surface area contributed by atoms with Gasteiger partial charge in [0.25, 0.3) is 0 Å². The molecule has 0 amide bonds. The third-order valence-corrected chi connectivity index (χ3v) is 4.07. The molecule has 0 heterocycles. The summed E-state index contributed by atoms with van der Waals surface area (Å²) in [5.41, 5.74) is 1.51. The molecule has 1 aromatic rings. The van der Waals surface area contributed by atoms with E-state index in [1.54, 1.807) is 0 Å². The Bertz CT molecular complexity index is 646. The Kier molecular flexibility index (Phi) is 5.43. The molecular weight excluding hydrogens is 339 g/mol. The molecule has 0 spiro atoms. The van der Waals surface area contributed by atoms with Gasteiger partial charge in [0.2, 0.25) is 5.12 Å². The molecule has 126 valence electrons. The third kappa shape index (κ3) is 4.23. The first-order valence-corrected chi connectivity index (χ1v) is 6.99. The highest BCUT2D eigenvalue weighted by atomic mass is 32.2. The van der Waals surface area contributed by atoms with Crippen LogP contribution in [0.5, 0.6) is 5.75 Å². The predicted octanol–water partition coefficient (Wildman–Crippen LogP) is 1.66. The standard InChI is InChI=1S/C13H12F3NO5S/c1-6(18)12(17,11(21)22)5-23-10(20)8-3-2-7(4-9(8)19)13(14,15)16/h2-4,19H,5,17H2,1H3,(H,21,22)/t12-/m1/s1. The fraction of sp³-hybridized carbons (Fsp3) is 0.308. The monoisotopic (exact) mass is 351 g/mol. The number of aromatic hydroxyl groups is 1. The molecule has 10 heteroatoms. The number of carboxylic acid groups (broad SMARTS) is 1. The van der Waals surface area contributed by atoms with Gasteiger partial charge in [-0.1, -0.05) is 11.8 Å². The molecule has 0 aliphatic heterocycles. The van der Waals surface area contributed by atoms with Gasteiger partial charge in [-0.05, 0) is 25.1 Å². The van der Waals surface area contributed by atoms with Crippen LogP contribution >= 0.6 is 11.8 Å². The van der Waals surface area contributed by atoms with Crippen LogP contribution in [0.3, 0.4) is 0 Å². The lowest BCUT2D eigenvalue weighted by Crippen LogP contribution is -2.56. The second-order valence-electron chi connectivity index (χ2n) is 4.64. The average Bonchev–Trinajstić information content (AvgIpc) is 2.42. The number of alkyl halides is 3. The van der Waals surface area contributed by atoms with Crippen LogP contribution in [0.25, 0.3) is 0 Å². The molecular formula is C13H12F3NO5S. The molecule has 4 N–H and O–H groups in total. The summed E-state index contributed by atoms with van der Waals surface area (Å²) in [7, 11) is 0. The summed E-state index contributed by atoms with van der Waals surface area (Å²) in [5.74, 6) is -4.06. The van der Waals surface area contributed by atoms with Gasteiger partial charge in [0, 0.05) is 5.75 Å². The lowest BCUT2D eigenvalue weighted by atomic mass is 9.99. The summed E-state index contributed by atoms with van der Waals surface area (Å²) < 4.78 is 37.4. The van der Waals surface area contributed by atoms with Crippen LogP contribution in [-0.2, 0) is 15.8 Å². The second kappa shape index (κ2) is 6.59. The number of benzene rings is 1. The Morgan fingerprint density at radius 3 is 2.22 bits per heavy atom. The summed E-state index contributed by atoms with van der Waals surface area (Å²) in [4.78, 5) is 34.1. The SMILES string of the molecule is CC(=O)[C@](N)(CSC(=O)c1ccc(C(F)(F)F)cc1O)C(=O)O. The van der Waals surface area contributed by atoms with Crippen LogP contribution in [0.2, 0.25) is 0 Å². The maximum absolute atomic E-state index is 12.5. The summed E-state index contributed by atoms with van der Waals surface area (Å²) in [6.45, 7) is 0.939. The van der Waals surface area contributed by atoms with Gasteiger partial charge in [-0.25, -0.2) is 4.79 Å². The number of carbonyl (C=O) groups is 3. The zero-order valence-corrected chi connectivity index (χ0v) is 12.5. The largest absolute Gasteiger partial charge is 0.507 e. The lowest BCUT2D eigenvalue weighted by Gasteiger charge is -2.20. The van der Waals surface area contributed by atoms with E-state index in [2.05, 4.69) is 0 Å². The number of nitrogens with two attached hydrogens (primary N) is 1. The van der Waals surface area contributed by atoms with Crippen molar-refractivity contribution in [1.82, 2.24) is 0 Å². The molecule has 1 rings (SSSR count). The van der Waals surface area contributed by atoms with Crippen molar-refractivity contribution in [2.75, 3.05) is 5.75 Å². The normalized spacial score (nSPS) is 14.1. The van der Waals surface area contributed by atoms with Crippen LogP contribution in [0.4, 0.5) is 13.2 Å². The number of carbonyl (C=O) groups excluding carboxylic acids is 2. The molecule has 0 aliphatic rings. The molecule has 0 saturated carbocycles. The van der Waals surface area contributed by atoms with Gasteiger partial charge in [0.1, 0.15) is 5.75 Å². The average molecular weight is 351 g/mol. The van der Waals surface area contributed by atoms with Gasteiger partial charge >= 0.3 is 12.1 Å². The predicted molar refractivity (Wildman–Crippen MR) is 75.1 cm³/mol. The molecule has 0 unspecified atom stereocenters. The Morgan fingerprint density at radius 2 is 1.83 bits per heavy atom. The first-order chi connectivity index (χ1) is 10.4. The van der Waals surface area contributed by atoms with Crippen LogP contribution in [0.1, 0.15) is 22.8 Å². The summed E-state index contributed by atoms with van der Waals surface area (Å²) in [6, 6.07) is 1.75. The van der Waals surface area contributed by atoms with Crippen molar-refractivity contribution in [3.63, 3.8) is 0 Å². The third-order valence-electron chi connectivity index (χ3n) is 2.99. The zero-order valence-electron chi connectivity index (χ0n) is 11.7. The van der Waals surface area contributed by atoms with Gasteiger partial charge in [-0.15, -0.1) is 0 Å². The summed E-state index contributed by atoms with van der Waals surface area (Å²) in [6.07, 6.45) is -4.68. The Balaban J connectivity index is 2.95. The Labute approximate surface area is 132 Å². The molecule has 0 aliphatic carbocycles. The second-order valence-corrected chi connectivity index (χ2v) is 5.59. The number of thioether (sulfide) groups is 1. The van der Waals surface area contributed by atoms with Gasteiger partial charge in [0.05, 0.1) is 11.1 Å². The van der Waals surface area contributed by atoms with E-state index in [4.69, 9.17) is 10.8 Å². The van der Waals surface area contributed by atoms with Crippen molar-refractivity contribution in [3.8, 4) is 5.75 Å². The molecule has 0 radical (unpaired) electrons. The van der Waals surface area contributed by atoms with E-state index < -0.39 is 51.2 Å². The molecule has 1 atom stereocenters. The number of halogens is 3. The fourth-order valence-electron chi connectivity index (χ4n) is 1.45. The van der Waals surface area contributed by atoms with Crippen molar-refractivity contribution in [3.05, 3.63) is 29.3 Å². The fourth-order valence-corrected chi connectivity index (χ4v) is 2.47. The number of Topliss-reactive ketones (excluding diaryl/α,β-unsaturated/α-hetero) is 1. The quantitative estimate of drug-likeness (QED) is 0.691. The topological polar surface area (TPSA) is 118 Å². The number of carboxylic acids is 1. The zero-order chi connectivity index (χ0) is 18.0. The molecule has 6 nitrogen and oxygen atoms in total. The number of aliphatic carboxylic acids is 1. The number of phenols is 1. The van der Waals surface area contributed by atoms with Gasteiger partial charge in [-0.2, -0.15) is 13.2 Å². The Hall–Kier alpha value is -2.07. The minimum Gasteiger partial charge on any atom is -0.507 e. The van der Waals surface area contributed by atoms with Gasteiger partial charge in [-0.3, -0.25) is 9.59 Å². The maximum atomic E-state index is 12.5. The van der Waals surface area contributed by atoms with E-state index in [0.29, 0.717) is 23.9 Å². The maximum Gasteiger partial charge on any atom is 0.416 e. The smallest absolute Gasteiger partial charge is 0.416 e. The first kappa shape index (κ1) is 19.0. The van der Waals surface area contributed by atoms with Gasteiger partial charge in [0.15, 0.2) is 11.3 Å². The van der Waals surface area contributed by atoms with Crippen molar-refractivity contribution in [2.45, 2.75) is 18.6 Å². The highest BCUT2D eigenvalue weighted by Crippen LogP contribution is 2.34. The number of ketones is 1. The van der Waals surface area contributed by atoms with Crippen LogP contribution in [-0.4, -0.2) is 38.4 Å². The molecule has 0 bridgehead atoms. The Morgan fingerprint density at radius 1 is 1.26 bits per heavy atom. The van der Waals surface area contributed by atoms with Gasteiger partial charge < -0.3 is 15.9 Å². The number of rotatable bonds is 5. The molecule has 0 saturated heterocycles. The summed E-state index contributed by atoms with van der Waals surface area (Å²) >= 11 is 0.314. The van der Waals surface area contributed by atoms with Crippen LogP contribution in [0, 0.1) is 0 Å². The molecule has 1 aromatic carbocycles. The van der Waals surface area contributed by atoms with E-state index in [1.165, 1.54) is 0 Å². The molecule has 23 heavy (non-hydrogen) atoms. The van der Waals surface area contributed by atoms with Crippen LogP contribution in [0.15, 0.2) is 18.2 Å². The van der Waals surface area contributed by atoms with E-state index in [-0.39, 0.29) is 0 Å². The highest BCUT2D eigenvalue weighted by molar-refractivity contribution is 8.14. The number of hydrogen-bond donors (Lipinski definition) is 3. The lowest BCUT2D eigenvalue weighted by molar-refractivity contribution is -0.146. The van der Waals surface area contributed by atoms with E-state index in [9.17, 15) is 32.7 Å². The van der Waals surface area contributed by atoms with Crippen molar-refractivity contribution < 1.29 is 37.8 Å².